The van der Waals surface area contributed by atoms with Crippen molar-refractivity contribution in [3.8, 4) is 17.0 Å². The van der Waals surface area contributed by atoms with Gasteiger partial charge in [-0.1, -0.05) is 13.0 Å². The zero-order valence-electron chi connectivity index (χ0n) is 11.8. The smallest absolute Gasteiger partial charge is 0.128 e. The number of hydrogen-bond donors (Lipinski definition) is 1. The summed E-state index contributed by atoms with van der Waals surface area (Å²) in [5.41, 5.74) is 3.51. The van der Waals surface area contributed by atoms with Gasteiger partial charge in [0.2, 0.25) is 0 Å². The summed E-state index contributed by atoms with van der Waals surface area (Å²) in [7, 11) is 3.66. The van der Waals surface area contributed by atoms with Gasteiger partial charge < -0.3 is 14.6 Å². The lowest BCUT2D eigenvalue weighted by molar-refractivity contribution is 0.416. The SMILES string of the molecule is CCc1ccc(OC)c(-c2cncn2CCNC)c1. The van der Waals surface area contributed by atoms with Crippen LogP contribution in [0, 0.1) is 0 Å². The first kappa shape index (κ1) is 13.6. The Morgan fingerprint density at radius 1 is 1.37 bits per heavy atom. The number of aromatic nitrogens is 2. The highest BCUT2D eigenvalue weighted by Crippen LogP contribution is 2.30. The average Bonchev–Trinajstić information content (AvgIpc) is 2.92. The predicted molar refractivity (Wildman–Crippen MR) is 77.5 cm³/mol. The summed E-state index contributed by atoms with van der Waals surface area (Å²) in [6.45, 7) is 3.97. The summed E-state index contributed by atoms with van der Waals surface area (Å²) >= 11 is 0. The molecule has 4 nitrogen and oxygen atoms in total. The van der Waals surface area contributed by atoms with Crippen molar-refractivity contribution < 1.29 is 4.74 Å². The predicted octanol–water partition coefficient (Wildman–Crippen LogP) is 2.34. The van der Waals surface area contributed by atoms with Crippen LogP contribution in [0.5, 0.6) is 5.75 Å². The number of ether oxygens (including phenoxy) is 1. The minimum absolute atomic E-state index is 0.892. The lowest BCUT2D eigenvalue weighted by Crippen LogP contribution is -2.15. The van der Waals surface area contributed by atoms with E-state index in [1.165, 1.54) is 5.56 Å². The first-order valence-corrected chi connectivity index (χ1v) is 6.62. The van der Waals surface area contributed by atoms with Crippen molar-refractivity contribution in [2.24, 2.45) is 0 Å². The maximum atomic E-state index is 5.47. The molecule has 2 rings (SSSR count). The molecule has 0 aliphatic rings. The van der Waals surface area contributed by atoms with Gasteiger partial charge in [0.25, 0.3) is 0 Å². The molecule has 1 heterocycles. The van der Waals surface area contributed by atoms with Crippen LogP contribution in [0.1, 0.15) is 12.5 Å². The molecule has 0 unspecified atom stereocenters. The molecule has 0 spiro atoms. The number of hydrogen-bond acceptors (Lipinski definition) is 3. The van der Waals surface area contributed by atoms with E-state index in [2.05, 4.69) is 33.9 Å². The first-order chi connectivity index (χ1) is 9.30. The maximum absolute atomic E-state index is 5.47. The van der Waals surface area contributed by atoms with Crippen molar-refractivity contribution >= 4 is 0 Å². The number of methoxy groups -OCH3 is 1. The summed E-state index contributed by atoms with van der Waals surface area (Å²) in [5, 5.41) is 3.16. The Morgan fingerprint density at radius 3 is 2.89 bits per heavy atom. The Bertz CT molecular complexity index is 534. The summed E-state index contributed by atoms with van der Waals surface area (Å²) in [4.78, 5) is 4.26. The minimum Gasteiger partial charge on any atom is -0.496 e. The summed E-state index contributed by atoms with van der Waals surface area (Å²) in [6, 6.07) is 6.33. The minimum atomic E-state index is 0.892. The highest BCUT2D eigenvalue weighted by atomic mass is 16.5. The van der Waals surface area contributed by atoms with Crippen LogP contribution in [0.15, 0.2) is 30.7 Å². The standard InChI is InChI=1S/C15H21N3O/c1-4-12-5-6-15(19-3)13(9-12)14-10-17-11-18(14)8-7-16-2/h5-6,9-11,16H,4,7-8H2,1-3H3. The molecule has 0 saturated heterocycles. The highest BCUT2D eigenvalue weighted by molar-refractivity contribution is 5.68. The van der Waals surface area contributed by atoms with Gasteiger partial charge in [0.15, 0.2) is 0 Å². The van der Waals surface area contributed by atoms with Gasteiger partial charge in [0.1, 0.15) is 5.75 Å². The third-order valence-electron chi connectivity index (χ3n) is 3.26. The van der Waals surface area contributed by atoms with Crippen molar-refractivity contribution in [2.45, 2.75) is 19.9 Å². The van der Waals surface area contributed by atoms with Crippen molar-refractivity contribution in [1.29, 1.82) is 0 Å². The summed E-state index contributed by atoms with van der Waals surface area (Å²) < 4.78 is 7.62. The second-order valence-corrected chi connectivity index (χ2v) is 4.46. The zero-order chi connectivity index (χ0) is 13.7. The Balaban J connectivity index is 2.42. The van der Waals surface area contributed by atoms with Gasteiger partial charge in [-0.2, -0.15) is 0 Å². The van der Waals surface area contributed by atoms with Gasteiger partial charge in [-0.25, -0.2) is 4.98 Å². The van der Waals surface area contributed by atoms with E-state index in [0.29, 0.717) is 0 Å². The Kier molecular flexibility index (Phi) is 4.58. The fraction of sp³-hybridized carbons (Fsp3) is 0.400. The largest absolute Gasteiger partial charge is 0.496 e. The number of imidazole rings is 1. The number of likely N-dealkylation sites (N-methyl/N-ethyl adjacent to an activating group) is 1. The molecule has 1 N–H and O–H groups in total. The summed E-state index contributed by atoms with van der Waals surface area (Å²) in [5.74, 6) is 0.892. The summed E-state index contributed by atoms with van der Waals surface area (Å²) in [6.07, 6.45) is 4.78. The number of benzene rings is 1. The topological polar surface area (TPSA) is 39.1 Å². The molecule has 19 heavy (non-hydrogen) atoms. The molecule has 0 amide bonds. The van der Waals surface area contributed by atoms with Crippen molar-refractivity contribution in [2.75, 3.05) is 20.7 Å². The van der Waals surface area contributed by atoms with E-state index in [0.717, 1.165) is 36.5 Å². The Labute approximate surface area is 114 Å². The van der Waals surface area contributed by atoms with Crippen LogP contribution in [-0.4, -0.2) is 30.3 Å². The van der Waals surface area contributed by atoms with Crippen LogP contribution in [-0.2, 0) is 13.0 Å². The van der Waals surface area contributed by atoms with Gasteiger partial charge >= 0.3 is 0 Å². The van der Waals surface area contributed by atoms with Gasteiger partial charge in [0, 0.05) is 18.7 Å². The molecule has 1 aromatic heterocycles. The van der Waals surface area contributed by atoms with E-state index in [9.17, 15) is 0 Å². The molecule has 4 heteroatoms. The normalized spacial score (nSPS) is 10.7. The van der Waals surface area contributed by atoms with Crippen molar-refractivity contribution in [1.82, 2.24) is 14.9 Å². The van der Waals surface area contributed by atoms with Crippen LogP contribution in [0.4, 0.5) is 0 Å². The van der Waals surface area contributed by atoms with Gasteiger partial charge in [-0.15, -0.1) is 0 Å². The van der Waals surface area contributed by atoms with Crippen LogP contribution in [0.2, 0.25) is 0 Å². The number of aryl methyl sites for hydroxylation is 1. The molecule has 2 aromatic rings. The molecule has 0 aliphatic carbocycles. The van der Waals surface area contributed by atoms with E-state index in [1.807, 2.05) is 25.6 Å². The second kappa shape index (κ2) is 6.38. The molecule has 0 aliphatic heterocycles. The van der Waals surface area contributed by atoms with Gasteiger partial charge in [0.05, 0.1) is 25.3 Å². The van der Waals surface area contributed by atoms with E-state index in [-0.39, 0.29) is 0 Å². The van der Waals surface area contributed by atoms with Gasteiger partial charge in [-0.05, 0) is 31.2 Å². The molecule has 0 saturated carbocycles. The van der Waals surface area contributed by atoms with E-state index in [4.69, 9.17) is 4.74 Å². The fourth-order valence-electron chi connectivity index (χ4n) is 2.13. The third-order valence-corrected chi connectivity index (χ3v) is 3.26. The van der Waals surface area contributed by atoms with E-state index >= 15 is 0 Å². The molecule has 0 atom stereocenters. The van der Waals surface area contributed by atoms with E-state index in [1.54, 1.807) is 7.11 Å². The van der Waals surface area contributed by atoms with E-state index < -0.39 is 0 Å². The number of nitrogens with one attached hydrogen (secondary N) is 1. The number of rotatable bonds is 6. The van der Waals surface area contributed by atoms with Crippen LogP contribution < -0.4 is 10.1 Å². The average molecular weight is 259 g/mol. The van der Waals surface area contributed by atoms with Crippen molar-refractivity contribution in [3.05, 3.63) is 36.3 Å². The van der Waals surface area contributed by atoms with Crippen molar-refractivity contribution in [3.63, 3.8) is 0 Å². The quantitative estimate of drug-likeness (QED) is 0.865. The monoisotopic (exact) mass is 259 g/mol. The van der Waals surface area contributed by atoms with Crippen LogP contribution in [0.25, 0.3) is 11.3 Å². The number of nitrogens with zero attached hydrogens (tertiary/aromatic N) is 2. The molecule has 0 fully saturated rings. The van der Waals surface area contributed by atoms with Crippen LogP contribution in [0.3, 0.4) is 0 Å². The zero-order valence-corrected chi connectivity index (χ0v) is 11.8. The van der Waals surface area contributed by atoms with Gasteiger partial charge in [-0.3, -0.25) is 0 Å². The molecule has 102 valence electrons. The molecule has 0 bridgehead atoms. The lowest BCUT2D eigenvalue weighted by Gasteiger charge is -2.12. The fourth-order valence-corrected chi connectivity index (χ4v) is 2.13. The second-order valence-electron chi connectivity index (χ2n) is 4.46. The highest BCUT2D eigenvalue weighted by Gasteiger charge is 2.11. The third kappa shape index (κ3) is 2.96. The molecule has 0 radical (unpaired) electrons. The molecular formula is C15H21N3O. The lowest BCUT2D eigenvalue weighted by atomic mass is 10.1. The molecular weight excluding hydrogens is 238 g/mol. The first-order valence-electron chi connectivity index (χ1n) is 6.62. The molecule has 1 aromatic carbocycles. The Hall–Kier alpha value is -1.81. The maximum Gasteiger partial charge on any atom is 0.128 e. The Morgan fingerprint density at radius 2 is 2.21 bits per heavy atom. The van der Waals surface area contributed by atoms with Crippen LogP contribution >= 0.6 is 0 Å².